The summed E-state index contributed by atoms with van der Waals surface area (Å²) in [5.74, 6) is 0.578. The molecule has 0 aliphatic carbocycles. The van der Waals surface area contributed by atoms with Crippen LogP contribution in [0.3, 0.4) is 0 Å². The van der Waals surface area contributed by atoms with Gasteiger partial charge in [-0.2, -0.15) is 0 Å². The maximum atomic E-state index is 13.6. The SMILES string of the molecule is COc1cccc2ccc(COC3CN(C(=O)OC(C)(C)C(C)[Si])CCC3c3ccc(F)cc3)cc12. The average Bonchev–Trinajstić information content (AvgIpc) is 2.87. The van der Waals surface area contributed by atoms with Crippen LogP contribution in [0.5, 0.6) is 5.75 Å². The van der Waals surface area contributed by atoms with Gasteiger partial charge in [-0.05, 0) is 66.6 Å². The highest BCUT2D eigenvalue weighted by molar-refractivity contribution is 6.12. The smallest absolute Gasteiger partial charge is 0.410 e. The van der Waals surface area contributed by atoms with E-state index in [-0.39, 0.29) is 29.5 Å². The molecule has 0 aromatic heterocycles. The van der Waals surface area contributed by atoms with Gasteiger partial charge in [0, 0.05) is 28.1 Å². The Labute approximate surface area is 216 Å². The molecule has 0 bridgehead atoms. The number of likely N-dealkylation sites (tertiary alicyclic amines) is 1. The van der Waals surface area contributed by atoms with Gasteiger partial charge in [0.25, 0.3) is 0 Å². The summed E-state index contributed by atoms with van der Waals surface area (Å²) in [6.45, 7) is 7.04. The fraction of sp³-hybridized carbons (Fsp3) is 0.414. The Morgan fingerprint density at radius 2 is 1.92 bits per heavy atom. The Kier molecular flexibility index (Phi) is 8.00. The van der Waals surface area contributed by atoms with Crippen LogP contribution in [0.15, 0.2) is 60.7 Å². The fourth-order valence-corrected chi connectivity index (χ4v) is 4.54. The van der Waals surface area contributed by atoms with Crippen molar-refractivity contribution in [3.05, 3.63) is 77.6 Å². The van der Waals surface area contributed by atoms with Crippen LogP contribution in [-0.2, 0) is 16.1 Å². The van der Waals surface area contributed by atoms with Crippen molar-refractivity contribution in [1.29, 1.82) is 0 Å². The molecule has 7 heteroatoms. The van der Waals surface area contributed by atoms with E-state index in [1.807, 2.05) is 45.0 Å². The number of benzene rings is 3. The molecule has 3 unspecified atom stereocenters. The van der Waals surface area contributed by atoms with E-state index in [1.54, 1.807) is 24.1 Å². The minimum Gasteiger partial charge on any atom is -0.496 e. The van der Waals surface area contributed by atoms with Gasteiger partial charge < -0.3 is 19.1 Å². The first-order valence-electron chi connectivity index (χ1n) is 12.3. The van der Waals surface area contributed by atoms with Gasteiger partial charge in [-0.25, -0.2) is 9.18 Å². The number of rotatable bonds is 7. The molecule has 5 nitrogen and oxygen atoms in total. The van der Waals surface area contributed by atoms with E-state index >= 15 is 0 Å². The fourth-order valence-electron chi connectivity index (χ4n) is 4.48. The van der Waals surface area contributed by atoms with Crippen molar-refractivity contribution < 1.29 is 23.4 Å². The summed E-state index contributed by atoms with van der Waals surface area (Å²) in [5, 5.41) is 2.12. The number of halogens is 1. The lowest BCUT2D eigenvalue weighted by atomic mass is 9.87. The van der Waals surface area contributed by atoms with Crippen molar-refractivity contribution in [2.45, 2.75) is 57.0 Å². The van der Waals surface area contributed by atoms with E-state index in [4.69, 9.17) is 14.2 Å². The van der Waals surface area contributed by atoms with Gasteiger partial charge in [0.1, 0.15) is 17.2 Å². The Morgan fingerprint density at radius 1 is 1.17 bits per heavy atom. The molecule has 1 heterocycles. The zero-order chi connectivity index (χ0) is 25.9. The summed E-state index contributed by atoms with van der Waals surface area (Å²) in [6, 6.07) is 18.7. The lowest BCUT2D eigenvalue weighted by Gasteiger charge is -2.40. The van der Waals surface area contributed by atoms with Crippen LogP contribution in [0.2, 0.25) is 5.54 Å². The molecular formula is C29H33FNO4Si. The average molecular weight is 507 g/mol. The first-order valence-corrected chi connectivity index (χ1v) is 12.9. The predicted octanol–water partition coefficient (Wildman–Crippen LogP) is 6.25. The predicted molar refractivity (Wildman–Crippen MR) is 140 cm³/mol. The third kappa shape index (κ3) is 5.90. The van der Waals surface area contributed by atoms with Gasteiger partial charge in [-0.1, -0.05) is 43.3 Å². The minimum absolute atomic E-state index is 0.00449. The molecule has 1 aliphatic rings. The first-order chi connectivity index (χ1) is 17.2. The van der Waals surface area contributed by atoms with Crippen LogP contribution in [0, 0.1) is 5.82 Å². The van der Waals surface area contributed by atoms with Gasteiger partial charge in [0.2, 0.25) is 0 Å². The van der Waals surface area contributed by atoms with Crippen LogP contribution in [0.25, 0.3) is 10.8 Å². The summed E-state index contributed by atoms with van der Waals surface area (Å²) in [5.41, 5.74) is 1.36. The van der Waals surface area contributed by atoms with E-state index in [0.29, 0.717) is 26.1 Å². The second-order valence-corrected chi connectivity index (χ2v) is 10.8. The van der Waals surface area contributed by atoms with Crippen molar-refractivity contribution in [3.8, 4) is 5.75 Å². The highest BCUT2D eigenvalue weighted by Gasteiger charge is 2.36. The van der Waals surface area contributed by atoms with Crippen molar-refractivity contribution in [1.82, 2.24) is 4.90 Å². The lowest BCUT2D eigenvalue weighted by Crippen LogP contribution is -2.49. The summed E-state index contributed by atoms with van der Waals surface area (Å²) < 4.78 is 31.4. The molecule has 1 amide bonds. The molecule has 0 spiro atoms. The zero-order valence-electron chi connectivity index (χ0n) is 21.3. The van der Waals surface area contributed by atoms with Crippen LogP contribution in [0.1, 0.15) is 44.2 Å². The molecule has 1 saturated heterocycles. The number of fused-ring (bicyclic) bond motifs is 1. The molecule has 0 N–H and O–H groups in total. The van der Waals surface area contributed by atoms with E-state index < -0.39 is 5.60 Å². The number of amides is 1. The molecule has 36 heavy (non-hydrogen) atoms. The van der Waals surface area contributed by atoms with Crippen molar-refractivity contribution >= 4 is 27.1 Å². The maximum Gasteiger partial charge on any atom is 0.410 e. The highest BCUT2D eigenvalue weighted by atomic mass is 28.1. The number of methoxy groups -OCH3 is 1. The summed E-state index contributed by atoms with van der Waals surface area (Å²) in [6.07, 6.45) is 0.0710. The third-order valence-electron chi connectivity index (χ3n) is 7.10. The number of hydrogen-bond donors (Lipinski definition) is 0. The normalized spacial score (nSPS) is 19.2. The zero-order valence-corrected chi connectivity index (χ0v) is 22.3. The Morgan fingerprint density at radius 3 is 2.61 bits per heavy atom. The molecule has 3 aromatic rings. The molecule has 3 atom stereocenters. The summed E-state index contributed by atoms with van der Waals surface area (Å²) >= 11 is 0. The van der Waals surface area contributed by atoms with Crippen LogP contribution in [0.4, 0.5) is 9.18 Å². The van der Waals surface area contributed by atoms with E-state index in [1.165, 1.54) is 12.1 Å². The Balaban J connectivity index is 1.54. The molecule has 189 valence electrons. The van der Waals surface area contributed by atoms with Gasteiger partial charge in [0.05, 0.1) is 26.4 Å². The first kappa shape index (κ1) is 26.2. The molecule has 3 radical (unpaired) electrons. The van der Waals surface area contributed by atoms with Crippen molar-refractivity contribution in [2.75, 3.05) is 20.2 Å². The lowest BCUT2D eigenvalue weighted by molar-refractivity contribution is -0.0393. The number of carbonyl (C=O) groups excluding carboxylic acids is 1. The van der Waals surface area contributed by atoms with Gasteiger partial charge in [0.15, 0.2) is 0 Å². The number of piperidine rings is 1. The second-order valence-electron chi connectivity index (χ2n) is 9.95. The topological polar surface area (TPSA) is 48.0 Å². The number of hydrogen-bond acceptors (Lipinski definition) is 4. The van der Waals surface area contributed by atoms with Gasteiger partial charge in [-0.15, -0.1) is 0 Å². The van der Waals surface area contributed by atoms with E-state index in [9.17, 15) is 9.18 Å². The summed E-state index contributed by atoms with van der Waals surface area (Å²) in [4.78, 5) is 14.7. The third-order valence-corrected chi connectivity index (χ3v) is 7.79. The Hall–Kier alpha value is -2.90. The van der Waals surface area contributed by atoms with Crippen molar-refractivity contribution in [3.63, 3.8) is 0 Å². The van der Waals surface area contributed by atoms with Crippen LogP contribution < -0.4 is 4.74 Å². The van der Waals surface area contributed by atoms with Gasteiger partial charge in [-0.3, -0.25) is 0 Å². The standard InChI is InChI=1S/C29H33FNO4Si/c1-19(36)29(2,3)35-28(32)31-15-14-24(22-10-12-23(30)13-11-22)27(17-31)34-18-20-8-9-21-6-5-7-26(33-4)25(21)16-20/h5-13,16,19,24,27H,14-15,17-18H2,1-4H3. The molecular weight excluding hydrogens is 473 g/mol. The van der Waals surface area contributed by atoms with Crippen molar-refractivity contribution in [2.24, 2.45) is 0 Å². The molecule has 1 fully saturated rings. The maximum absolute atomic E-state index is 13.6. The van der Waals surface area contributed by atoms with Gasteiger partial charge >= 0.3 is 6.09 Å². The molecule has 1 aliphatic heterocycles. The van der Waals surface area contributed by atoms with Crippen LogP contribution >= 0.6 is 0 Å². The number of carbonyl (C=O) groups is 1. The number of nitrogens with zero attached hydrogens (tertiary/aromatic N) is 1. The van der Waals surface area contributed by atoms with E-state index in [2.05, 4.69) is 22.4 Å². The van der Waals surface area contributed by atoms with Crippen LogP contribution in [-0.4, -0.2) is 53.1 Å². The molecule has 4 rings (SSSR count). The minimum atomic E-state index is -0.651. The summed E-state index contributed by atoms with van der Waals surface area (Å²) in [7, 11) is 5.24. The van der Waals surface area contributed by atoms with E-state index in [0.717, 1.165) is 27.6 Å². The largest absolute Gasteiger partial charge is 0.496 e. The Bertz CT molecular complexity index is 1200. The number of ether oxygens (including phenoxy) is 3. The highest BCUT2D eigenvalue weighted by Crippen LogP contribution is 2.33. The monoisotopic (exact) mass is 506 g/mol. The quantitative estimate of drug-likeness (QED) is 0.355. The molecule has 0 saturated carbocycles. The molecule has 3 aromatic carbocycles. The second kappa shape index (κ2) is 11.0.